The number of nitrogens with zero attached hydrogens (tertiary/aromatic N) is 1. The lowest BCUT2D eigenvalue weighted by atomic mass is 9.98. The monoisotopic (exact) mass is 229 g/mol. The van der Waals surface area contributed by atoms with Crippen molar-refractivity contribution in [1.82, 2.24) is 4.90 Å². The van der Waals surface area contributed by atoms with Crippen LogP contribution in [0.4, 0.5) is 0 Å². The molecule has 5 heteroatoms. The van der Waals surface area contributed by atoms with Gasteiger partial charge >= 0.3 is 0 Å². The molecule has 5 nitrogen and oxygen atoms in total. The molecule has 1 amide bonds. The molecular weight excluding hydrogens is 206 g/mol. The van der Waals surface area contributed by atoms with E-state index in [4.69, 9.17) is 16.2 Å². The van der Waals surface area contributed by atoms with Gasteiger partial charge in [-0.05, 0) is 32.2 Å². The van der Waals surface area contributed by atoms with Crippen molar-refractivity contribution < 1.29 is 9.53 Å². The SMILES string of the molecule is COCC1CCN(CCC(C)(N)C(N)=O)C1. The predicted octanol–water partition coefficient (Wildman–Crippen LogP) is -0.452. The van der Waals surface area contributed by atoms with Crippen molar-refractivity contribution in [3.8, 4) is 0 Å². The number of primary amides is 1. The van der Waals surface area contributed by atoms with Crippen molar-refractivity contribution in [2.75, 3.05) is 33.4 Å². The van der Waals surface area contributed by atoms with Gasteiger partial charge in [0.1, 0.15) is 0 Å². The van der Waals surface area contributed by atoms with E-state index >= 15 is 0 Å². The standard InChI is InChI=1S/C11H23N3O2/c1-11(13,10(12)15)4-6-14-5-3-9(7-14)8-16-2/h9H,3-8,13H2,1-2H3,(H2,12,15). The normalized spacial score (nSPS) is 25.6. The number of hydrogen-bond donors (Lipinski definition) is 2. The first-order valence-electron chi connectivity index (χ1n) is 5.76. The molecule has 1 fully saturated rings. The van der Waals surface area contributed by atoms with Gasteiger partial charge < -0.3 is 21.1 Å². The molecule has 0 saturated carbocycles. The quantitative estimate of drug-likeness (QED) is 0.646. The summed E-state index contributed by atoms with van der Waals surface area (Å²) < 4.78 is 5.13. The van der Waals surface area contributed by atoms with Crippen molar-refractivity contribution in [3.63, 3.8) is 0 Å². The van der Waals surface area contributed by atoms with Crippen LogP contribution in [0.15, 0.2) is 0 Å². The van der Waals surface area contributed by atoms with Crippen molar-refractivity contribution in [1.29, 1.82) is 0 Å². The Kier molecular flexibility index (Phi) is 4.70. The van der Waals surface area contributed by atoms with E-state index in [-0.39, 0.29) is 0 Å². The van der Waals surface area contributed by atoms with E-state index in [1.54, 1.807) is 14.0 Å². The Morgan fingerprint density at radius 1 is 1.62 bits per heavy atom. The Morgan fingerprint density at radius 3 is 2.88 bits per heavy atom. The molecule has 1 saturated heterocycles. The number of carbonyl (C=O) groups excluding carboxylic acids is 1. The summed E-state index contributed by atoms with van der Waals surface area (Å²) in [5.41, 5.74) is 10.1. The van der Waals surface area contributed by atoms with Crippen LogP contribution in [0.5, 0.6) is 0 Å². The number of amides is 1. The molecule has 4 N–H and O–H groups in total. The number of hydrogen-bond acceptors (Lipinski definition) is 4. The molecule has 1 heterocycles. The molecule has 0 radical (unpaired) electrons. The molecule has 0 aromatic heterocycles. The Hall–Kier alpha value is -0.650. The summed E-state index contributed by atoms with van der Waals surface area (Å²) in [5.74, 6) is 0.183. The zero-order valence-electron chi connectivity index (χ0n) is 10.2. The van der Waals surface area contributed by atoms with E-state index in [1.165, 1.54) is 0 Å². The summed E-state index contributed by atoms with van der Waals surface area (Å²) in [5, 5.41) is 0. The molecule has 1 aliphatic heterocycles. The Morgan fingerprint density at radius 2 is 2.31 bits per heavy atom. The second-order valence-corrected chi connectivity index (χ2v) is 4.94. The first-order chi connectivity index (χ1) is 7.45. The minimum Gasteiger partial charge on any atom is -0.384 e. The number of ether oxygens (including phenoxy) is 1. The highest BCUT2D eigenvalue weighted by molar-refractivity contribution is 5.83. The topological polar surface area (TPSA) is 81.6 Å². The Bertz CT molecular complexity index is 243. The molecule has 0 aromatic carbocycles. The molecule has 16 heavy (non-hydrogen) atoms. The van der Waals surface area contributed by atoms with Crippen LogP contribution in [0.1, 0.15) is 19.8 Å². The van der Waals surface area contributed by atoms with Gasteiger partial charge in [-0.1, -0.05) is 0 Å². The number of methoxy groups -OCH3 is 1. The first-order valence-corrected chi connectivity index (χ1v) is 5.76. The fourth-order valence-corrected chi connectivity index (χ4v) is 2.00. The maximum absolute atomic E-state index is 11.1. The van der Waals surface area contributed by atoms with E-state index in [1.807, 2.05) is 0 Å². The highest BCUT2D eigenvalue weighted by Crippen LogP contribution is 2.17. The van der Waals surface area contributed by atoms with Gasteiger partial charge in [-0.2, -0.15) is 0 Å². The lowest BCUT2D eigenvalue weighted by Crippen LogP contribution is -2.51. The Balaban J connectivity index is 2.27. The number of rotatable bonds is 6. The van der Waals surface area contributed by atoms with Crippen LogP contribution in [0.3, 0.4) is 0 Å². The zero-order valence-corrected chi connectivity index (χ0v) is 10.2. The maximum Gasteiger partial charge on any atom is 0.237 e. The lowest BCUT2D eigenvalue weighted by Gasteiger charge is -2.24. The van der Waals surface area contributed by atoms with Gasteiger partial charge in [0.2, 0.25) is 5.91 Å². The van der Waals surface area contributed by atoms with Crippen LogP contribution < -0.4 is 11.5 Å². The second kappa shape index (κ2) is 5.61. The average Bonchev–Trinajstić information content (AvgIpc) is 2.63. The van der Waals surface area contributed by atoms with Gasteiger partial charge in [0, 0.05) is 20.2 Å². The number of carbonyl (C=O) groups is 1. The molecule has 0 spiro atoms. The van der Waals surface area contributed by atoms with Crippen molar-refractivity contribution >= 4 is 5.91 Å². The smallest absolute Gasteiger partial charge is 0.237 e. The zero-order chi connectivity index (χ0) is 12.2. The van der Waals surface area contributed by atoms with Crippen molar-refractivity contribution in [2.24, 2.45) is 17.4 Å². The molecule has 2 unspecified atom stereocenters. The maximum atomic E-state index is 11.1. The van der Waals surface area contributed by atoms with E-state index in [9.17, 15) is 4.79 Å². The number of likely N-dealkylation sites (tertiary alicyclic amines) is 1. The van der Waals surface area contributed by atoms with Gasteiger partial charge in [-0.15, -0.1) is 0 Å². The van der Waals surface area contributed by atoms with Crippen LogP contribution in [-0.4, -0.2) is 49.7 Å². The molecule has 0 aromatic rings. The minimum atomic E-state index is -0.890. The van der Waals surface area contributed by atoms with E-state index < -0.39 is 11.4 Å². The molecular formula is C11H23N3O2. The number of nitrogens with two attached hydrogens (primary N) is 2. The third-order valence-corrected chi connectivity index (χ3v) is 3.28. The van der Waals surface area contributed by atoms with Crippen molar-refractivity contribution in [3.05, 3.63) is 0 Å². The van der Waals surface area contributed by atoms with E-state index in [2.05, 4.69) is 4.90 Å². The van der Waals surface area contributed by atoms with Gasteiger partial charge in [-0.3, -0.25) is 4.79 Å². The molecule has 2 atom stereocenters. The predicted molar refractivity (Wildman–Crippen MR) is 62.8 cm³/mol. The molecule has 1 rings (SSSR count). The molecule has 1 aliphatic rings. The van der Waals surface area contributed by atoms with E-state index in [0.717, 1.165) is 32.7 Å². The summed E-state index contributed by atoms with van der Waals surface area (Å²) in [6.07, 6.45) is 1.77. The van der Waals surface area contributed by atoms with Crippen LogP contribution >= 0.6 is 0 Å². The second-order valence-electron chi connectivity index (χ2n) is 4.94. The fourth-order valence-electron chi connectivity index (χ4n) is 2.00. The van der Waals surface area contributed by atoms with Gasteiger partial charge in [0.15, 0.2) is 0 Å². The summed E-state index contributed by atoms with van der Waals surface area (Å²) >= 11 is 0. The molecule has 94 valence electrons. The highest BCUT2D eigenvalue weighted by Gasteiger charge is 2.28. The van der Waals surface area contributed by atoms with Crippen LogP contribution in [0, 0.1) is 5.92 Å². The van der Waals surface area contributed by atoms with Gasteiger partial charge in [0.05, 0.1) is 12.1 Å². The van der Waals surface area contributed by atoms with Crippen LogP contribution in [0.2, 0.25) is 0 Å². The summed E-state index contributed by atoms with van der Waals surface area (Å²) in [7, 11) is 1.73. The molecule has 0 bridgehead atoms. The van der Waals surface area contributed by atoms with Crippen LogP contribution in [-0.2, 0) is 9.53 Å². The largest absolute Gasteiger partial charge is 0.384 e. The highest BCUT2D eigenvalue weighted by atomic mass is 16.5. The minimum absolute atomic E-state index is 0.430. The summed E-state index contributed by atoms with van der Waals surface area (Å²) in [4.78, 5) is 13.4. The summed E-state index contributed by atoms with van der Waals surface area (Å²) in [6.45, 7) is 5.42. The van der Waals surface area contributed by atoms with Crippen molar-refractivity contribution in [2.45, 2.75) is 25.3 Å². The fraction of sp³-hybridized carbons (Fsp3) is 0.909. The average molecular weight is 229 g/mol. The molecule has 0 aliphatic carbocycles. The third-order valence-electron chi connectivity index (χ3n) is 3.28. The van der Waals surface area contributed by atoms with Gasteiger partial charge in [-0.25, -0.2) is 0 Å². The third kappa shape index (κ3) is 3.73. The Labute approximate surface area is 97.1 Å². The van der Waals surface area contributed by atoms with E-state index in [0.29, 0.717) is 12.3 Å². The van der Waals surface area contributed by atoms with Crippen LogP contribution in [0.25, 0.3) is 0 Å². The first kappa shape index (κ1) is 13.4. The lowest BCUT2D eigenvalue weighted by molar-refractivity contribution is -0.122. The summed E-state index contributed by atoms with van der Waals surface area (Å²) in [6, 6.07) is 0. The van der Waals surface area contributed by atoms with Gasteiger partial charge in [0.25, 0.3) is 0 Å².